The Kier molecular flexibility index (Phi) is 3.14. The van der Waals surface area contributed by atoms with Gasteiger partial charge in [-0.25, -0.2) is 0 Å². The third kappa shape index (κ3) is 2.66. The van der Waals surface area contributed by atoms with E-state index in [4.69, 9.17) is 0 Å². The highest BCUT2D eigenvalue weighted by molar-refractivity contribution is 5.90. The lowest BCUT2D eigenvalue weighted by molar-refractivity contribution is -0.114. The van der Waals surface area contributed by atoms with Gasteiger partial charge in [0.1, 0.15) is 0 Å². The molecule has 86 valence electrons. The SMILES string of the molecule is CC(=O)Nc1cc(-c2cccnc2)cnc1C. The average Bonchev–Trinajstić information content (AvgIpc) is 2.32. The van der Waals surface area contributed by atoms with Crippen LogP contribution >= 0.6 is 0 Å². The highest BCUT2D eigenvalue weighted by Crippen LogP contribution is 2.22. The Labute approximate surface area is 99.7 Å². The number of nitrogens with one attached hydrogen (secondary N) is 1. The maximum atomic E-state index is 11.1. The van der Waals surface area contributed by atoms with Crippen LogP contribution in [0, 0.1) is 6.92 Å². The summed E-state index contributed by atoms with van der Waals surface area (Å²) in [5.74, 6) is -0.0989. The van der Waals surface area contributed by atoms with Crippen molar-refractivity contribution < 1.29 is 4.79 Å². The molecule has 4 nitrogen and oxygen atoms in total. The molecule has 0 unspecified atom stereocenters. The molecule has 0 aliphatic heterocycles. The van der Waals surface area contributed by atoms with Gasteiger partial charge in [0.25, 0.3) is 0 Å². The van der Waals surface area contributed by atoms with E-state index < -0.39 is 0 Å². The maximum absolute atomic E-state index is 11.1. The van der Waals surface area contributed by atoms with Crippen molar-refractivity contribution in [3.63, 3.8) is 0 Å². The molecule has 4 heteroatoms. The van der Waals surface area contributed by atoms with Crippen LogP contribution < -0.4 is 5.32 Å². The van der Waals surface area contributed by atoms with Gasteiger partial charge in [-0.1, -0.05) is 6.07 Å². The third-order valence-corrected chi connectivity index (χ3v) is 2.39. The Morgan fingerprint density at radius 1 is 1.29 bits per heavy atom. The van der Waals surface area contributed by atoms with Gasteiger partial charge in [-0.15, -0.1) is 0 Å². The van der Waals surface area contributed by atoms with Crippen LogP contribution in [-0.2, 0) is 4.79 Å². The van der Waals surface area contributed by atoms with Crippen LogP contribution in [0.2, 0.25) is 0 Å². The number of nitrogens with zero attached hydrogens (tertiary/aromatic N) is 2. The number of hydrogen-bond acceptors (Lipinski definition) is 3. The summed E-state index contributed by atoms with van der Waals surface area (Å²) in [5, 5.41) is 2.76. The number of pyridine rings is 2. The van der Waals surface area contributed by atoms with Gasteiger partial charge >= 0.3 is 0 Å². The highest BCUT2D eigenvalue weighted by atomic mass is 16.1. The monoisotopic (exact) mass is 227 g/mol. The van der Waals surface area contributed by atoms with Gasteiger partial charge in [0.15, 0.2) is 0 Å². The average molecular weight is 227 g/mol. The number of carbonyl (C=O) groups excluding carboxylic acids is 1. The van der Waals surface area contributed by atoms with Gasteiger partial charge in [-0.2, -0.15) is 0 Å². The summed E-state index contributed by atoms with van der Waals surface area (Å²) in [5.41, 5.74) is 3.45. The Morgan fingerprint density at radius 3 is 2.76 bits per heavy atom. The number of carbonyl (C=O) groups is 1. The van der Waals surface area contributed by atoms with E-state index in [0.717, 1.165) is 22.5 Å². The van der Waals surface area contributed by atoms with E-state index in [0.29, 0.717) is 0 Å². The minimum Gasteiger partial charge on any atom is -0.325 e. The molecule has 0 saturated heterocycles. The van der Waals surface area contributed by atoms with Crippen molar-refractivity contribution >= 4 is 11.6 Å². The second-order valence-electron chi connectivity index (χ2n) is 3.78. The zero-order valence-corrected chi connectivity index (χ0v) is 9.77. The van der Waals surface area contributed by atoms with E-state index >= 15 is 0 Å². The Balaban J connectivity index is 2.41. The first-order valence-corrected chi connectivity index (χ1v) is 5.31. The first-order chi connectivity index (χ1) is 8.16. The summed E-state index contributed by atoms with van der Waals surface area (Å²) in [4.78, 5) is 19.4. The number of rotatable bonds is 2. The molecule has 0 radical (unpaired) electrons. The van der Waals surface area contributed by atoms with Gasteiger partial charge in [-0.05, 0) is 19.1 Å². The molecular weight excluding hydrogens is 214 g/mol. The normalized spacial score (nSPS) is 10.0. The minimum absolute atomic E-state index is 0.0989. The molecule has 0 aromatic carbocycles. The maximum Gasteiger partial charge on any atom is 0.221 e. The predicted octanol–water partition coefficient (Wildman–Crippen LogP) is 2.41. The number of anilines is 1. The van der Waals surface area contributed by atoms with Crippen molar-refractivity contribution in [2.45, 2.75) is 13.8 Å². The summed E-state index contributed by atoms with van der Waals surface area (Å²) in [7, 11) is 0. The first kappa shape index (κ1) is 11.3. The van der Waals surface area contributed by atoms with Crippen LogP contribution in [0.5, 0.6) is 0 Å². The van der Waals surface area contributed by atoms with E-state index in [1.165, 1.54) is 6.92 Å². The minimum atomic E-state index is -0.0989. The van der Waals surface area contributed by atoms with Crippen molar-refractivity contribution in [2.75, 3.05) is 5.32 Å². The predicted molar refractivity (Wildman–Crippen MR) is 66.5 cm³/mol. The molecular formula is C13H13N3O. The van der Waals surface area contributed by atoms with Crippen molar-refractivity contribution in [1.82, 2.24) is 9.97 Å². The fourth-order valence-corrected chi connectivity index (χ4v) is 1.54. The molecule has 17 heavy (non-hydrogen) atoms. The molecule has 0 bridgehead atoms. The molecule has 0 aliphatic rings. The van der Waals surface area contributed by atoms with Crippen LogP contribution in [-0.4, -0.2) is 15.9 Å². The van der Waals surface area contributed by atoms with Crippen LogP contribution in [0.15, 0.2) is 36.8 Å². The smallest absolute Gasteiger partial charge is 0.221 e. The van der Waals surface area contributed by atoms with Crippen LogP contribution in [0.4, 0.5) is 5.69 Å². The number of aromatic nitrogens is 2. The zero-order valence-electron chi connectivity index (χ0n) is 9.77. The second-order valence-corrected chi connectivity index (χ2v) is 3.78. The summed E-state index contributed by atoms with van der Waals surface area (Å²) >= 11 is 0. The van der Waals surface area contributed by atoms with Crippen molar-refractivity contribution in [2.24, 2.45) is 0 Å². The fraction of sp³-hybridized carbons (Fsp3) is 0.154. The number of aryl methyl sites for hydroxylation is 1. The van der Waals surface area contributed by atoms with Gasteiger partial charge in [0.05, 0.1) is 11.4 Å². The van der Waals surface area contributed by atoms with Crippen LogP contribution in [0.25, 0.3) is 11.1 Å². The quantitative estimate of drug-likeness (QED) is 0.857. The summed E-state index contributed by atoms with van der Waals surface area (Å²) < 4.78 is 0. The topological polar surface area (TPSA) is 54.9 Å². The second kappa shape index (κ2) is 4.74. The van der Waals surface area contributed by atoms with E-state index in [-0.39, 0.29) is 5.91 Å². The lowest BCUT2D eigenvalue weighted by Gasteiger charge is -2.08. The van der Waals surface area contributed by atoms with Gasteiger partial charge in [-0.3, -0.25) is 14.8 Å². The molecule has 0 spiro atoms. The number of amides is 1. The van der Waals surface area contributed by atoms with E-state index in [9.17, 15) is 4.79 Å². The largest absolute Gasteiger partial charge is 0.325 e. The molecule has 0 aliphatic carbocycles. The molecule has 2 rings (SSSR count). The molecule has 0 saturated carbocycles. The summed E-state index contributed by atoms with van der Waals surface area (Å²) in [6, 6.07) is 5.73. The molecule has 2 aromatic heterocycles. The van der Waals surface area contributed by atoms with E-state index in [1.807, 2.05) is 25.1 Å². The van der Waals surface area contributed by atoms with E-state index in [2.05, 4.69) is 15.3 Å². The molecule has 0 fully saturated rings. The lowest BCUT2D eigenvalue weighted by atomic mass is 10.1. The highest BCUT2D eigenvalue weighted by Gasteiger charge is 2.05. The van der Waals surface area contributed by atoms with Gasteiger partial charge in [0.2, 0.25) is 5.91 Å². The van der Waals surface area contributed by atoms with Crippen LogP contribution in [0.3, 0.4) is 0 Å². The molecule has 2 aromatic rings. The Hall–Kier alpha value is -2.23. The molecule has 0 atom stereocenters. The summed E-state index contributed by atoms with van der Waals surface area (Å²) in [6.45, 7) is 3.34. The number of hydrogen-bond donors (Lipinski definition) is 1. The van der Waals surface area contributed by atoms with Crippen molar-refractivity contribution in [1.29, 1.82) is 0 Å². The van der Waals surface area contributed by atoms with Crippen molar-refractivity contribution in [3.8, 4) is 11.1 Å². The van der Waals surface area contributed by atoms with Gasteiger partial charge in [0, 0.05) is 36.6 Å². The standard InChI is InChI=1S/C13H13N3O/c1-9-13(16-10(2)17)6-12(8-15-9)11-4-3-5-14-7-11/h3-8H,1-2H3,(H,16,17). The zero-order chi connectivity index (χ0) is 12.3. The fourth-order valence-electron chi connectivity index (χ4n) is 1.54. The van der Waals surface area contributed by atoms with Gasteiger partial charge < -0.3 is 5.32 Å². The Morgan fingerprint density at radius 2 is 2.12 bits per heavy atom. The molecule has 1 amide bonds. The molecule has 2 heterocycles. The summed E-state index contributed by atoms with van der Waals surface area (Å²) in [6.07, 6.45) is 5.27. The Bertz CT molecular complexity index is 538. The first-order valence-electron chi connectivity index (χ1n) is 5.31. The lowest BCUT2D eigenvalue weighted by Crippen LogP contribution is -2.08. The van der Waals surface area contributed by atoms with E-state index in [1.54, 1.807) is 18.6 Å². The third-order valence-electron chi connectivity index (χ3n) is 2.39. The van der Waals surface area contributed by atoms with Crippen LogP contribution in [0.1, 0.15) is 12.6 Å². The van der Waals surface area contributed by atoms with Crippen molar-refractivity contribution in [3.05, 3.63) is 42.5 Å². The molecule has 1 N–H and O–H groups in total.